The van der Waals surface area contributed by atoms with E-state index in [2.05, 4.69) is 4.98 Å². The lowest BCUT2D eigenvalue weighted by atomic mass is 10.1. The summed E-state index contributed by atoms with van der Waals surface area (Å²) in [6, 6.07) is 14.9. The molecular formula is C24H20F3N3O2S. The monoisotopic (exact) mass is 471 g/mol. The number of aryl methyl sites for hydroxylation is 1. The van der Waals surface area contributed by atoms with Crippen molar-refractivity contribution >= 4 is 23.3 Å². The zero-order valence-electron chi connectivity index (χ0n) is 17.7. The summed E-state index contributed by atoms with van der Waals surface area (Å²) in [4.78, 5) is 17.5. The zero-order valence-corrected chi connectivity index (χ0v) is 18.5. The van der Waals surface area contributed by atoms with Crippen LogP contribution in [-0.2, 0) is 17.9 Å². The van der Waals surface area contributed by atoms with Gasteiger partial charge in [0.05, 0.1) is 22.3 Å². The first kappa shape index (κ1) is 24.0. The highest BCUT2D eigenvalue weighted by Crippen LogP contribution is 2.20. The van der Waals surface area contributed by atoms with Gasteiger partial charge in [-0.05, 0) is 48.4 Å². The van der Waals surface area contributed by atoms with Gasteiger partial charge in [-0.25, -0.2) is 4.98 Å². The van der Waals surface area contributed by atoms with Crippen LogP contribution in [0.25, 0.3) is 6.08 Å². The van der Waals surface area contributed by atoms with Gasteiger partial charge in [0.25, 0.3) is 0 Å². The van der Waals surface area contributed by atoms with Crippen molar-refractivity contribution in [3.05, 3.63) is 87.4 Å². The van der Waals surface area contributed by atoms with E-state index in [9.17, 15) is 18.0 Å². The second-order valence-electron chi connectivity index (χ2n) is 7.17. The Kier molecular flexibility index (Phi) is 7.85. The van der Waals surface area contributed by atoms with Crippen LogP contribution in [0.2, 0.25) is 0 Å². The summed E-state index contributed by atoms with van der Waals surface area (Å²) in [5.74, 6) is -0.153. The molecule has 0 unspecified atom stereocenters. The number of carbonyl (C=O) groups is 1. The maximum atomic E-state index is 13.0. The minimum absolute atomic E-state index is 0.225. The molecule has 9 heteroatoms. The van der Waals surface area contributed by atoms with Gasteiger partial charge in [0.15, 0.2) is 0 Å². The van der Waals surface area contributed by atoms with Crippen molar-refractivity contribution in [2.45, 2.75) is 26.3 Å². The molecule has 0 bridgehead atoms. The Hall–Kier alpha value is -3.64. The SMILES string of the molecule is Cc1nc(COc2ccc(/C=C/C(=O)N(Cc3ccc(C#N)cc3)CC(F)(F)F)cc2)cs1. The Bertz CT molecular complexity index is 1150. The van der Waals surface area contributed by atoms with Crippen LogP contribution < -0.4 is 4.74 Å². The first-order valence-electron chi connectivity index (χ1n) is 9.88. The molecule has 0 N–H and O–H groups in total. The minimum Gasteiger partial charge on any atom is -0.487 e. The van der Waals surface area contributed by atoms with Gasteiger partial charge in [0.2, 0.25) is 5.91 Å². The van der Waals surface area contributed by atoms with Crippen molar-refractivity contribution in [2.75, 3.05) is 6.54 Å². The third kappa shape index (κ3) is 7.77. The fraction of sp³-hybridized carbons (Fsp3) is 0.208. The van der Waals surface area contributed by atoms with Crippen molar-refractivity contribution in [3.63, 3.8) is 0 Å². The second-order valence-corrected chi connectivity index (χ2v) is 8.23. The molecule has 1 heterocycles. The number of nitrogens with zero attached hydrogens (tertiary/aromatic N) is 3. The third-order valence-corrected chi connectivity index (χ3v) is 5.31. The molecule has 1 amide bonds. The molecule has 170 valence electrons. The van der Waals surface area contributed by atoms with Gasteiger partial charge >= 0.3 is 6.18 Å². The molecule has 3 aromatic rings. The first-order valence-corrected chi connectivity index (χ1v) is 10.8. The van der Waals surface area contributed by atoms with Crippen molar-refractivity contribution in [3.8, 4) is 11.8 Å². The summed E-state index contributed by atoms with van der Waals surface area (Å²) in [7, 11) is 0. The van der Waals surface area contributed by atoms with Gasteiger partial charge in [-0.3, -0.25) is 4.79 Å². The molecule has 0 radical (unpaired) electrons. The van der Waals surface area contributed by atoms with Crippen LogP contribution in [0.5, 0.6) is 5.75 Å². The molecule has 0 saturated heterocycles. The van der Waals surface area contributed by atoms with Crippen molar-refractivity contribution in [2.24, 2.45) is 0 Å². The molecule has 1 aromatic heterocycles. The van der Waals surface area contributed by atoms with Gasteiger partial charge in [-0.1, -0.05) is 24.3 Å². The number of thiazole rings is 1. The molecule has 0 saturated carbocycles. The average Bonchev–Trinajstić information content (AvgIpc) is 3.21. The van der Waals surface area contributed by atoms with Gasteiger partial charge < -0.3 is 9.64 Å². The van der Waals surface area contributed by atoms with Gasteiger partial charge in [-0.15, -0.1) is 11.3 Å². The van der Waals surface area contributed by atoms with E-state index in [0.29, 0.717) is 33.9 Å². The Morgan fingerprint density at radius 3 is 2.45 bits per heavy atom. The van der Waals surface area contributed by atoms with E-state index < -0.39 is 18.6 Å². The standard InChI is InChI=1S/C24H20F3N3O2S/c1-17-29-21(15-33-17)14-32-22-9-6-18(7-10-22)8-11-23(31)30(16-24(25,26)27)13-20-4-2-19(12-28)3-5-20/h2-11,15H,13-14,16H2,1H3/b11-8+. The van der Waals surface area contributed by atoms with E-state index in [0.717, 1.165) is 16.8 Å². The highest BCUT2D eigenvalue weighted by atomic mass is 32.1. The van der Waals surface area contributed by atoms with E-state index in [4.69, 9.17) is 10.00 Å². The number of halogens is 3. The Morgan fingerprint density at radius 2 is 1.88 bits per heavy atom. The summed E-state index contributed by atoms with van der Waals surface area (Å²) < 4.78 is 44.7. The number of benzene rings is 2. The number of aromatic nitrogens is 1. The summed E-state index contributed by atoms with van der Waals surface area (Å²) in [5, 5.41) is 11.7. The van der Waals surface area contributed by atoms with Gasteiger partial charge in [-0.2, -0.15) is 18.4 Å². The fourth-order valence-electron chi connectivity index (χ4n) is 2.91. The van der Waals surface area contributed by atoms with Crippen LogP contribution in [0.15, 0.2) is 60.0 Å². The van der Waals surface area contributed by atoms with E-state index in [-0.39, 0.29) is 6.54 Å². The van der Waals surface area contributed by atoms with Crippen LogP contribution in [0.3, 0.4) is 0 Å². The van der Waals surface area contributed by atoms with Crippen LogP contribution in [0.1, 0.15) is 27.4 Å². The summed E-state index contributed by atoms with van der Waals surface area (Å²) in [6.07, 6.45) is -1.97. The quantitative estimate of drug-likeness (QED) is 0.407. The normalized spacial score (nSPS) is 11.4. The number of hydrogen-bond acceptors (Lipinski definition) is 5. The smallest absolute Gasteiger partial charge is 0.406 e. The number of alkyl halides is 3. The Balaban J connectivity index is 1.63. The zero-order chi connectivity index (χ0) is 23.8. The van der Waals surface area contributed by atoms with E-state index in [1.165, 1.54) is 41.7 Å². The lowest BCUT2D eigenvalue weighted by molar-refractivity contribution is -0.159. The first-order chi connectivity index (χ1) is 15.7. The minimum atomic E-state index is -4.54. The van der Waals surface area contributed by atoms with E-state index in [1.54, 1.807) is 24.3 Å². The second kappa shape index (κ2) is 10.8. The number of hydrogen-bond donors (Lipinski definition) is 0. The third-order valence-electron chi connectivity index (χ3n) is 4.49. The molecular weight excluding hydrogens is 451 g/mol. The largest absolute Gasteiger partial charge is 0.487 e. The van der Waals surface area contributed by atoms with E-state index in [1.807, 2.05) is 18.4 Å². The molecule has 0 spiro atoms. The maximum absolute atomic E-state index is 13.0. The van der Waals surface area contributed by atoms with E-state index >= 15 is 0 Å². The van der Waals surface area contributed by atoms with Crippen molar-refractivity contribution < 1.29 is 22.7 Å². The highest BCUT2D eigenvalue weighted by Gasteiger charge is 2.32. The molecule has 33 heavy (non-hydrogen) atoms. The number of carbonyl (C=O) groups excluding carboxylic acids is 1. The molecule has 0 fully saturated rings. The molecule has 5 nitrogen and oxygen atoms in total. The topological polar surface area (TPSA) is 66.2 Å². The lowest BCUT2D eigenvalue weighted by Gasteiger charge is -2.23. The molecule has 0 aliphatic heterocycles. The lowest BCUT2D eigenvalue weighted by Crippen LogP contribution is -2.37. The van der Waals surface area contributed by atoms with Crippen molar-refractivity contribution in [1.82, 2.24) is 9.88 Å². The predicted molar refractivity (Wildman–Crippen MR) is 119 cm³/mol. The van der Waals surface area contributed by atoms with Crippen LogP contribution in [0.4, 0.5) is 13.2 Å². The van der Waals surface area contributed by atoms with Gasteiger partial charge in [0.1, 0.15) is 18.9 Å². The number of nitriles is 1. The van der Waals surface area contributed by atoms with Crippen LogP contribution in [-0.4, -0.2) is 28.5 Å². The van der Waals surface area contributed by atoms with Gasteiger partial charge in [0, 0.05) is 18.0 Å². The van der Waals surface area contributed by atoms with Crippen LogP contribution in [0, 0.1) is 18.3 Å². The number of rotatable bonds is 8. The summed E-state index contributed by atoms with van der Waals surface area (Å²) in [5.41, 5.74) is 2.36. The van der Waals surface area contributed by atoms with Crippen LogP contribution >= 0.6 is 11.3 Å². The maximum Gasteiger partial charge on any atom is 0.406 e. The molecule has 0 aliphatic rings. The molecule has 0 aliphatic carbocycles. The molecule has 2 aromatic carbocycles. The average molecular weight is 472 g/mol. The molecule has 0 atom stereocenters. The van der Waals surface area contributed by atoms with Crippen molar-refractivity contribution in [1.29, 1.82) is 5.26 Å². The predicted octanol–water partition coefficient (Wildman–Crippen LogP) is 5.51. The highest BCUT2D eigenvalue weighted by molar-refractivity contribution is 7.09. The Labute approximate surface area is 193 Å². The summed E-state index contributed by atoms with van der Waals surface area (Å²) >= 11 is 1.54. The fourth-order valence-corrected chi connectivity index (χ4v) is 3.51. The number of ether oxygens (including phenoxy) is 1. The Morgan fingerprint density at radius 1 is 1.18 bits per heavy atom. The number of amides is 1. The summed E-state index contributed by atoms with van der Waals surface area (Å²) in [6.45, 7) is 0.646. The molecule has 3 rings (SSSR count).